The second-order valence-corrected chi connectivity index (χ2v) is 9.06. The Morgan fingerprint density at radius 1 is 1.23 bits per heavy atom. The van der Waals surface area contributed by atoms with E-state index >= 15 is 0 Å². The summed E-state index contributed by atoms with van der Waals surface area (Å²) < 4.78 is 21.3. The van der Waals surface area contributed by atoms with Crippen LogP contribution in [-0.4, -0.2) is 48.1 Å². The van der Waals surface area contributed by atoms with Gasteiger partial charge in [-0.15, -0.1) is 11.8 Å². The molecule has 0 radical (unpaired) electrons. The molecule has 0 aliphatic carbocycles. The van der Waals surface area contributed by atoms with Gasteiger partial charge in [-0.3, -0.25) is 9.59 Å². The summed E-state index contributed by atoms with van der Waals surface area (Å²) >= 11 is 2.52. The third-order valence-electron chi connectivity index (χ3n) is 5.02. The second-order valence-electron chi connectivity index (χ2n) is 7.06. The number of amides is 2. The molecule has 1 aliphatic rings. The molecule has 1 aromatic heterocycles. The van der Waals surface area contributed by atoms with Crippen LogP contribution in [0.15, 0.2) is 47.5 Å². The Morgan fingerprint density at radius 2 is 2.06 bits per heavy atom. The minimum atomic E-state index is -0.330. The predicted molar refractivity (Wildman–Crippen MR) is 122 cm³/mol. The molecule has 0 spiro atoms. The fourth-order valence-electron chi connectivity index (χ4n) is 3.57. The molecule has 0 atom stereocenters. The number of fused-ring (bicyclic) bond motifs is 2. The van der Waals surface area contributed by atoms with Gasteiger partial charge in [0, 0.05) is 25.9 Å². The lowest BCUT2D eigenvalue weighted by Gasteiger charge is -2.16. The minimum Gasteiger partial charge on any atom is -0.383 e. The molecule has 31 heavy (non-hydrogen) atoms. The van der Waals surface area contributed by atoms with Crippen LogP contribution in [0.25, 0.3) is 10.2 Å². The van der Waals surface area contributed by atoms with Gasteiger partial charge >= 0.3 is 0 Å². The third-order valence-corrected chi connectivity index (χ3v) is 6.97. The number of hydrogen-bond acceptors (Lipinski definition) is 5. The van der Waals surface area contributed by atoms with Crippen molar-refractivity contribution in [2.24, 2.45) is 4.99 Å². The number of carbonyl (C=O) groups excluding carboxylic acids is 2. The zero-order valence-corrected chi connectivity index (χ0v) is 18.7. The summed E-state index contributed by atoms with van der Waals surface area (Å²) in [6, 6.07) is 12.4. The largest absolute Gasteiger partial charge is 0.383 e. The Bertz CT molecular complexity index is 1190. The van der Waals surface area contributed by atoms with Crippen molar-refractivity contribution in [1.82, 2.24) is 4.57 Å². The Kier molecular flexibility index (Phi) is 6.84. The number of thiazole rings is 1. The lowest BCUT2D eigenvalue weighted by atomic mass is 10.2. The number of aromatic nitrogens is 1. The normalized spacial score (nSPS) is 13.7. The third kappa shape index (κ3) is 4.89. The number of nitrogens with zero attached hydrogens (tertiary/aromatic N) is 3. The van der Waals surface area contributed by atoms with Gasteiger partial charge in [-0.1, -0.05) is 29.5 Å². The molecule has 4 rings (SSSR count). The molecule has 0 bridgehead atoms. The molecule has 2 amide bonds. The SMILES string of the molecule is COCCn1c(=NC(=O)CSCC(=O)N2CCc3ccccc32)sc2cc(F)ccc21. The first kappa shape index (κ1) is 21.7. The number of methoxy groups -OCH3 is 1. The van der Waals surface area contributed by atoms with Crippen LogP contribution in [0.4, 0.5) is 10.1 Å². The van der Waals surface area contributed by atoms with Crippen molar-refractivity contribution in [3.63, 3.8) is 0 Å². The van der Waals surface area contributed by atoms with Crippen LogP contribution >= 0.6 is 23.1 Å². The quantitative estimate of drug-likeness (QED) is 0.544. The van der Waals surface area contributed by atoms with Crippen molar-refractivity contribution in [1.29, 1.82) is 0 Å². The van der Waals surface area contributed by atoms with E-state index in [1.165, 1.54) is 40.8 Å². The van der Waals surface area contributed by atoms with Crippen LogP contribution in [0.3, 0.4) is 0 Å². The lowest BCUT2D eigenvalue weighted by Crippen LogP contribution is -2.30. The van der Waals surface area contributed by atoms with E-state index in [1.807, 2.05) is 28.8 Å². The first-order chi connectivity index (χ1) is 15.1. The summed E-state index contributed by atoms with van der Waals surface area (Å²) in [6.07, 6.45) is 0.856. The molecule has 3 aromatic rings. The molecule has 162 valence electrons. The van der Waals surface area contributed by atoms with Crippen LogP contribution < -0.4 is 9.70 Å². The summed E-state index contributed by atoms with van der Waals surface area (Å²) in [7, 11) is 1.60. The van der Waals surface area contributed by atoms with Crippen molar-refractivity contribution in [2.45, 2.75) is 13.0 Å². The van der Waals surface area contributed by atoms with Crippen molar-refractivity contribution < 1.29 is 18.7 Å². The average Bonchev–Trinajstić information content (AvgIpc) is 3.33. The number of hydrogen-bond donors (Lipinski definition) is 0. The Balaban J connectivity index is 1.42. The van der Waals surface area contributed by atoms with Crippen molar-refractivity contribution in [3.8, 4) is 0 Å². The van der Waals surface area contributed by atoms with Gasteiger partial charge in [-0.25, -0.2) is 4.39 Å². The number of ether oxygens (including phenoxy) is 1. The average molecular weight is 460 g/mol. The molecular formula is C22H22FN3O3S2. The van der Waals surface area contributed by atoms with Crippen LogP contribution in [0, 0.1) is 5.82 Å². The first-order valence-corrected chi connectivity index (χ1v) is 11.9. The van der Waals surface area contributed by atoms with E-state index in [0.717, 1.165) is 22.3 Å². The number of para-hydroxylation sites is 1. The molecular weight excluding hydrogens is 437 g/mol. The molecule has 0 fully saturated rings. The number of thioether (sulfide) groups is 1. The number of halogens is 1. The van der Waals surface area contributed by atoms with Crippen LogP contribution in [-0.2, 0) is 27.3 Å². The first-order valence-electron chi connectivity index (χ1n) is 9.88. The Morgan fingerprint density at radius 3 is 2.90 bits per heavy atom. The van der Waals surface area contributed by atoms with E-state index in [0.29, 0.717) is 24.5 Å². The maximum Gasteiger partial charge on any atom is 0.258 e. The number of rotatable bonds is 7. The predicted octanol–water partition coefficient (Wildman–Crippen LogP) is 3.24. The Labute approximate surface area is 187 Å². The zero-order valence-electron chi connectivity index (χ0n) is 17.0. The highest BCUT2D eigenvalue weighted by molar-refractivity contribution is 8.00. The van der Waals surface area contributed by atoms with Crippen molar-refractivity contribution in [3.05, 3.63) is 58.6 Å². The van der Waals surface area contributed by atoms with Gasteiger partial charge in [-0.2, -0.15) is 4.99 Å². The molecule has 0 saturated heterocycles. The summed E-state index contributed by atoms with van der Waals surface area (Å²) in [5.41, 5.74) is 2.94. The fourth-order valence-corrected chi connectivity index (χ4v) is 5.34. The number of carbonyl (C=O) groups is 2. The fraction of sp³-hybridized carbons (Fsp3) is 0.318. The molecule has 9 heteroatoms. The molecule has 0 N–H and O–H groups in total. The monoisotopic (exact) mass is 459 g/mol. The zero-order chi connectivity index (χ0) is 21.8. The van der Waals surface area contributed by atoms with Gasteiger partial charge < -0.3 is 14.2 Å². The summed E-state index contributed by atoms with van der Waals surface area (Å²) in [5, 5.41) is 0. The highest BCUT2D eigenvalue weighted by Crippen LogP contribution is 2.28. The van der Waals surface area contributed by atoms with E-state index in [1.54, 1.807) is 18.1 Å². The lowest BCUT2D eigenvalue weighted by molar-refractivity contribution is -0.116. The van der Waals surface area contributed by atoms with Crippen LogP contribution in [0.2, 0.25) is 0 Å². The molecule has 1 aliphatic heterocycles. The van der Waals surface area contributed by atoms with E-state index in [4.69, 9.17) is 4.74 Å². The topological polar surface area (TPSA) is 63.9 Å². The summed E-state index contributed by atoms with van der Waals surface area (Å²) in [5.74, 6) is -0.332. The van der Waals surface area contributed by atoms with Crippen molar-refractivity contribution >= 4 is 50.8 Å². The number of anilines is 1. The van der Waals surface area contributed by atoms with E-state index in [9.17, 15) is 14.0 Å². The minimum absolute atomic E-state index is 0.00440. The van der Waals surface area contributed by atoms with Crippen molar-refractivity contribution in [2.75, 3.05) is 36.7 Å². The summed E-state index contributed by atoms with van der Waals surface area (Å²) in [6.45, 7) is 1.63. The van der Waals surface area contributed by atoms with Gasteiger partial charge in [-0.05, 0) is 36.2 Å². The van der Waals surface area contributed by atoms with Gasteiger partial charge in [0.15, 0.2) is 4.80 Å². The van der Waals surface area contributed by atoms with Gasteiger partial charge in [0.2, 0.25) is 5.91 Å². The molecule has 0 saturated carbocycles. The summed E-state index contributed by atoms with van der Waals surface area (Å²) in [4.78, 5) is 31.6. The van der Waals surface area contributed by atoms with Crippen LogP contribution in [0.5, 0.6) is 0 Å². The highest BCUT2D eigenvalue weighted by atomic mass is 32.2. The molecule has 0 unspecified atom stereocenters. The second kappa shape index (κ2) is 9.76. The van der Waals surface area contributed by atoms with E-state index in [-0.39, 0.29) is 29.1 Å². The standard InChI is InChI=1S/C22H22FN3O3S2/c1-29-11-10-26-18-7-6-16(23)12-19(18)31-22(26)24-20(27)13-30-14-21(28)25-9-8-15-4-2-3-5-17(15)25/h2-7,12H,8-11,13-14H2,1H3. The van der Waals surface area contributed by atoms with Gasteiger partial charge in [0.25, 0.3) is 5.91 Å². The highest BCUT2D eigenvalue weighted by Gasteiger charge is 2.23. The maximum absolute atomic E-state index is 13.6. The van der Waals surface area contributed by atoms with E-state index < -0.39 is 0 Å². The molecule has 6 nitrogen and oxygen atoms in total. The maximum atomic E-state index is 13.6. The number of benzene rings is 2. The Hall–Kier alpha value is -2.49. The van der Waals surface area contributed by atoms with Crippen LogP contribution in [0.1, 0.15) is 5.56 Å². The van der Waals surface area contributed by atoms with Gasteiger partial charge in [0.1, 0.15) is 5.82 Å². The smallest absolute Gasteiger partial charge is 0.258 e. The molecule has 2 heterocycles. The molecule has 2 aromatic carbocycles. The van der Waals surface area contributed by atoms with E-state index in [2.05, 4.69) is 4.99 Å². The van der Waals surface area contributed by atoms with Gasteiger partial charge in [0.05, 0.1) is 28.3 Å².